The number of aryl methyl sites for hydroxylation is 1. The molecule has 0 aliphatic carbocycles. The summed E-state index contributed by atoms with van der Waals surface area (Å²) in [6.45, 7) is 3.07. The molecule has 0 bridgehead atoms. The summed E-state index contributed by atoms with van der Waals surface area (Å²) in [6.07, 6.45) is 3.31. The molecule has 18 heavy (non-hydrogen) atoms. The normalized spacial score (nSPS) is 19.0. The summed E-state index contributed by atoms with van der Waals surface area (Å²) in [5.41, 5.74) is 2.04. The molecule has 1 unspecified atom stereocenters. The third-order valence-electron chi connectivity index (χ3n) is 3.50. The number of benzene rings is 1. The van der Waals surface area contributed by atoms with E-state index in [2.05, 4.69) is 5.32 Å². The van der Waals surface area contributed by atoms with Gasteiger partial charge >= 0.3 is 0 Å². The second kappa shape index (κ2) is 5.81. The van der Waals surface area contributed by atoms with Gasteiger partial charge in [0.2, 0.25) is 0 Å². The molecule has 1 aromatic rings. The number of rotatable bonds is 4. The van der Waals surface area contributed by atoms with Gasteiger partial charge in [-0.05, 0) is 44.4 Å². The molecule has 0 spiro atoms. The van der Waals surface area contributed by atoms with Crippen LogP contribution in [-0.2, 0) is 6.42 Å². The van der Waals surface area contributed by atoms with Crippen LogP contribution in [0, 0.1) is 6.92 Å². The monoisotopic (exact) mass is 269 g/mol. The van der Waals surface area contributed by atoms with Crippen LogP contribution in [0.5, 0.6) is 11.5 Å². The molecule has 0 saturated carbocycles. The fourth-order valence-corrected chi connectivity index (χ4v) is 2.96. The molecule has 1 aromatic carbocycles. The van der Waals surface area contributed by atoms with Crippen LogP contribution in [0.25, 0.3) is 0 Å². The predicted octanol–water partition coefficient (Wildman–Crippen LogP) is 2.96. The van der Waals surface area contributed by atoms with Crippen LogP contribution in [0.2, 0.25) is 5.02 Å². The summed E-state index contributed by atoms with van der Waals surface area (Å²) in [5, 5.41) is 4.16. The van der Waals surface area contributed by atoms with Crippen molar-refractivity contribution in [2.45, 2.75) is 32.2 Å². The lowest BCUT2D eigenvalue weighted by Gasteiger charge is -2.18. The third-order valence-corrected chi connectivity index (χ3v) is 3.90. The molecule has 1 atom stereocenters. The molecule has 1 aliphatic heterocycles. The van der Waals surface area contributed by atoms with Crippen molar-refractivity contribution in [1.29, 1.82) is 0 Å². The molecule has 100 valence electrons. The van der Waals surface area contributed by atoms with Crippen LogP contribution < -0.4 is 14.8 Å². The highest BCUT2D eigenvalue weighted by molar-refractivity contribution is 6.33. The Hall–Kier alpha value is -0.930. The molecule has 0 amide bonds. The predicted molar refractivity (Wildman–Crippen MR) is 74.0 cm³/mol. The molecule has 0 radical (unpaired) electrons. The first kappa shape index (κ1) is 13.5. The van der Waals surface area contributed by atoms with Gasteiger partial charge in [-0.2, -0.15) is 0 Å². The Kier molecular flexibility index (Phi) is 4.36. The highest BCUT2D eigenvalue weighted by atomic mass is 35.5. The van der Waals surface area contributed by atoms with E-state index in [4.69, 9.17) is 21.1 Å². The number of nitrogens with one attached hydrogen (secondary N) is 1. The zero-order valence-corrected chi connectivity index (χ0v) is 11.9. The maximum Gasteiger partial charge on any atom is 0.140 e. The fraction of sp³-hybridized carbons (Fsp3) is 0.571. The Bertz CT molecular complexity index is 428. The summed E-state index contributed by atoms with van der Waals surface area (Å²) in [6, 6.07) is 2.48. The van der Waals surface area contributed by atoms with Crippen molar-refractivity contribution in [3.8, 4) is 11.5 Å². The molecular formula is C14H20ClNO2. The minimum absolute atomic E-state index is 0.490. The highest BCUT2D eigenvalue weighted by Gasteiger charge is 2.21. The van der Waals surface area contributed by atoms with Gasteiger partial charge < -0.3 is 14.8 Å². The van der Waals surface area contributed by atoms with Gasteiger partial charge in [0.1, 0.15) is 11.5 Å². The average molecular weight is 270 g/mol. The van der Waals surface area contributed by atoms with Crippen LogP contribution in [0.4, 0.5) is 0 Å². The maximum absolute atomic E-state index is 6.44. The van der Waals surface area contributed by atoms with Crippen LogP contribution in [-0.4, -0.2) is 26.8 Å². The molecule has 1 N–H and O–H groups in total. The van der Waals surface area contributed by atoms with Crippen molar-refractivity contribution in [3.05, 3.63) is 22.2 Å². The standard InChI is InChI=1S/C14H20ClNO2/c1-9-7-12(17-2)11(13(15)14(9)18-3)8-10-5-4-6-16-10/h7,10,16H,4-6,8H2,1-3H3. The van der Waals surface area contributed by atoms with Gasteiger partial charge in [-0.1, -0.05) is 11.6 Å². The average Bonchev–Trinajstić information content (AvgIpc) is 2.86. The lowest BCUT2D eigenvalue weighted by molar-refractivity contribution is 0.394. The van der Waals surface area contributed by atoms with E-state index >= 15 is 0 Å². The molecule has 2 rings (SSSR count). The number of hydrogen-bond donors (Lipinski definition) is 1. The first-order valence-electron chi connectivity index (χ1n) is 6.30. The molecule has 1 saturated heterocycles. The SMILES string of the molecule is COc1cc(C)c(OC)c(Cl)c1CC1CCCN1. The minimum atomic E-state index is 0.490. The van der Waals surface area contributed by atoms with E-state index in [0.29, 0.717) is 11.1 Å². The van der Waals surface area contributed by atoms with E-state index < -0.39 is 0 Å². The van der Waals surface area contributed by atoms with E-state index in [0.717, 1.165) is 35.6 Å². The van der Waals surface area contributed by atoms with Crippen LogP contribution in [0.15, 0.2) is 6.07 Å². The second-order valence-corrected chi connectivity index (χ2v) is 5.10. The van der Waals surface area contributed by atoms with E-state index in [9.17, 15) is 0 Å². The van der Waals surface area contributed by atoms with Crippen molar-refractivity contribution < 1.29 is 9.47 Å². The maximum atomic E-state index is 6.44. The molecule has 4 heteroatoms. The van der Waals surface area contributed by atoms with Gasteiger partial charge in [-0.15, -0.1) is 0 Å². The van der Waals surface area contributed by atoms with E-state index in [1.807, 2.05) is 13.0 Å². The van der Waals surface area contributed by atoms with E-state index in [1.165, 1.54) is 12.8 Å². The van der Waals surface area contributed by atoms with Crippen molar-refractivity contribution in [2.24, 2.45) is 0 Å². The molecule has 1 heterocycles. The van der Waals surface area contributed by atoms with Gasteiger partial charge in [0.05, 0.1) is 19.2 Å². The molecule has 3 nitrogen and oxygen atoms in total. The topological polar surface area (TPSA) is 30.5 Å². The molecule has 1 fully saturated rings. The lowest BCUT2D eigenvalue weighted by atomic mass is 10.0. The van der Waals surface area contributed by atoms with E-state index in [1.54, 1.807) is 14.2 Å². The summed E-state index contributed by atoms with van der Waals surface area (Å²) >= 11 is 6.44. The van der Waals surface area contributed by atoms with Crippen molar-refractivity contribution >= 4 is 11.6 Å². The summed E-state index contributed by atoms with van der Waals surface area (Å²) in [4.78, 5) is 0. The highest BCUT2D eigenvalue weighted by Crippen LogP contribution is 2.39. The van der Waals surface area contributed by atoms with Gasteiger partial charge in [0, 0.05) is 11.6 Å². The largest absolute Gasteiger partial charge is 0.496 e. The Balaban J connectivity index is 2.36. The van der Waals surface area contributed by atoms with E-state index in [-0.39, 0.29) is 0 Å². The first-order chi connectivity index (χ1) is 8.67. The van der Waals surface area contributed by atoms with Crippen LogP contribution in [0.3, 0.4) is 0 Å². The Labute approximate surface area is 113 Å². The fourth-order valence-electron chi connectivity index (χ4n) is 2.57. The molecular weight excluding hydrogens is 250 g/mol. The van der Waals surface area contributed by atoms with Crippen LogP contribution >= 0.6 is 11.6 Å². The summed E-state index contributed by atoms with van der Waals surface area (Å²) in [7, 11) is 3.33. The van der Waals surface area contributed by atoms with Gasteiger partial charge in [-0.3, -0.25) is 0 Å². The van der Waals surface area contributed by atoms with Crippen molar-refractivity contribution in [3.63, 3.8) is 0 Å². The zero-order valence-electron chi connectivity index (χ0n) is 11.2. The molecule has 0 aromatic heterocycles. The summed E-state index contributed by atoms with van der Waals surface area (Å²) in [5.74, 6) is 1.61. The van der Waals surface area contributed by atoms with Crippen molar-refractivity contribution in [1.82, 2.24) is 5.32 Å². The molecule has 1 aliphatic rings. The smallest absolute Gasteiger partial charge is 0.140 e. The third kappa shape index (κ3) is 2.57. The van der Waals surface area contributed by atoms with Crippen LogP contribution in [0.1, 0.15) is 24.0 Å². The Morgan fingerprint density at radius 3 is 2.72 bits per heavy atom. The van der Waals surface area contributed by atoms with Gasteiger partial charge in [0.15, 0.2) is 0 Å². The first-order valence-corrected chi connectivity index (χ1v) is 6.68. The summed E-state index contributed by atoms with van der Waals surface area (Å²) < 4.78 is 10.8. The number of halogens is 1. The quantitative estimate of drug-likeness (QED) is 0.912. The lowest BCUT2D eigenvalue weighted by Crippen LogP contribution is -2.24. The second-order valence-electron chi connectivity index (χ2n) is 4.72. The number of hydrogen-bond acceptors (Lipinski definition) is 3. The zero-order chi connectivity index (χ0) is 13.1. The van der Waals surface area contributed by atoms with Gasteiger partial charge in [-0.25, -0.2) is 0 Å². The van der Waals surface area contributed by atoms with Gasteiger partial charge in [0.25, 0.3) is 0 Å². The Morgan fingerprint density at radius 2 is 2.17 bits per heavy atom. The number of methoxy groups -OCH3 is 2. The Morgan fingerprint density at radius 1 is 1.39 bits per heavy atom. The number of ether oxygens (including phenoxy) is 2. The van der Waals surface area contributed by atoms with Crippen molar-refractivity contribution in [2.75, 3.05) is 20.8 Å². The minimum Gasteiger partial charge on any atom is -0.496 e.